The fourth-order valence-corrected chi connectivity index (χ4v) is 1.25. The van der Waals surface area contributed by atoms with E-state index in [0.29, 0.717) is 5.56 Å². The Morgan fingerprint density at radius 3 is 2.36 bits per heavy atom. The molecule has 78 valence electrons. The zero-order chi connectivity index (χ0) is 10.9. The molecular weight excluding hydrogens is 184 g/mol. The summed E-state index contributed by atoms with van der Waals surface area (Å²) in [6.07, 6.45) is 0. The number of nitrogens with two attached hydrogens (primary N) is 1. The minimum absolute atomic E-state index is 0.237. The fourth-order valence-electron chi connectivity index (χ4n) is 1.25. The molecule has 1 nitrogen and oxygen atoms in total. The summed E-state index contributed by atoms with van der Waals surface area (Å²) in [6, 6.07) is 3.94. The number of hydrogen-bond acceptors (Lipinski definition) is 1. The largest absolute Gasteiger partial charge is 0.327 e. The van der Waals surface area contributed by atoms with Crippen LogP contribution >= 0.6 is 0 Å². The minimum Gasteiger partial charge on any atom is -0.327 e. The van der Waals surface area contributed by atoms with Crippen LogP contribution in [0.25, 0.3) is 0 Å². The van der Waals surface area contributed by atoms with E-state index in [4.69, 9.17) is 5.73 Å². The summed E-state index contributed by atoms with van der Waals surface area (Å²) in [6.45, 7) is 5.38. The van der Waals surface area contributed by atoms with Gasteiger partial charge in [0.2, 0.25) is 0 Å². The Bertz CT molecular complexity index is 332. The molecule has 0 saturated heterocycles. The van der Waals surface area contributed by atoms with Gasteiger partial charge in [0.25, 0.3) is 0 Å². The van der Waals surface area contributed by atoms with Gasteiger partial charge in [0.05, 0.1) is 0 Å². The molecule has 3 heteroatoms. The molecule has 1 rings (SSSR count). The van der Waals surface area contributed by atoms with Gasteiger partial charge in [0.15, 0.2) is 11.6 Å². The number of benzene rings is 1. The normalized spacial score (nSPS) is 14.1. The molecule has 0 bridgehead atoms. The van der Waals surface area contributed by atoms with E-state index < -0.39 is 17.0 Å². The fraction of sp³-hybridized carbons (Fsp3) is 0.455. The Hall–Kier alpha value is -0.960. The topological polar surface area (TPSA) is 26.0 Å². The van der Waals surface area contributed by atoms with Gasteiger partial charge in [-0.3, -0.25) is 0 Å². The van der Waals surface area contributed by atoms with Crippen LogP contribution in [0.15, 0.2) is 18.2 Å². The number of rotatable bonds is 2. The predicted octanol–water partition coefficient (Wildman–Crippen LogP) is 2.59. The van der Waals surface area contributed by atoms with Crippen LogP contribution in [-0.4, -0.2) is 6.04 Å². The maximum absolute atomic E-state index is 13.4. The van der Waals surface area contributed by atoms with Crippen molar-refractivity contribution in [3.63, 3.8) is 0 Å². The molecule has 0 aliphatic rings. The van der Waals surface area contributed by atoms with Crippen molar-refractivity contribution < 1.29 is 8.78 Å². The van der Waals surface area contributed by atoms with Crippen molar-refractivity contribution in [2.45, 2.75) is 32.2 Å². The Kier molecular flexibility index (Phi) is 2.90. The first kappa shape index (κ1) is 11.1. The van der Waals surface area contributed by atoms with Crippen molar-refractivity contribution in [1.29, 1.82) is 0 Å². The van der Waals surface area contributed by atoms with Crippen molar-refractivity contribution in [3.8, 4) is 0 Å². The molecule has 0 fully saturated rings. The van der Waals surface area contributed by atoms with Crippen LogP contribution in [0.1, 0.15) is 26.3 Å². The average Bonchev–Trinajstić information content (AvgIpc) is 2.09. The first-order valence-electron chi connectivity index (χ1n) is 4.57. The molecular formula is C11H15F2N. The SMILES string of the molecule is CC(N)C(C)(C)c1cccc(F)c1F. The number of hydrogen-bond donors (Lipinski definition) is 1. The lowest BCUT2D eigenvalue weighted by Gasteiger charge is -2.29. The van der Waals surface area contributed by atoms with E-state index in [0.717, 1.165) is 6.07 Å². The van der Waals surface area contributed by atoms with Crippen LogP contribution in [0.5, 0.6) is 0 Å². The first-order valence-corrected chi connectivity index (χ1v) is 4.57. The lowest BCUT2D eigenvalue weighted by molar-refractivity contribution is 0.397. The summed E-state index contributed by atoms with van der Waals surface area (Å²) in [7, 11) is 0. The van der Waals surface area contributed by atoms with Gasteiger partial charge in [-0.15, -0.1) is 0 Å². The lowest BCUT2D eigenvalue weighted by atomic mass is 9.78. The lowest BCUT2D eigenvalue weighted by Crippen LogP contribution is -2.39. The Labute approximate surface area is 82.9 Å². The Morgan fingerprint density at radius 2 is 1.86 bits per heavy atom. The van der Waals surface area contributed by atoms with Crippen molar-refractivity contribution in [3.05, 3.63) is 35.4 Å². The molecule has 1 atom stereocenters. The van der Waals surface area contributed by atoms with Crippen LogP contribution in [0.3, 0.4) is 0 Å². The second-order valence-corrected chi connectivity index (χ2v) is 4.11. The second-order valence-electron chi connectivity index (χ2n) is 4.11. The molecule has 0 aliphatic carbocycles. The van der Waals surface area contributed by atoms with Crippen LogP contribution < -0.4 is 5.73 Å². The van der Waals surface area contributed by atoms with Crippen LogP contribution in [0, 0.1) is 11.6 Å². The summed E-state index contributed by atoms with van der Waals surface area (Å²) < 4.78 is 26.4. The zero-order valence-electron chi connectivity index (χ0n) is 8.64. The van der Waals surface area contributed by atoms with Gasteiger partial charge in [-0.05, 0) is 18.6 Å². The molecule has 0 saturated carbocycles. The van der Waals surface area contributed by atoms with Gasteiger partial charge >= 0.3 is 0 Å². The molecule has 0 heterocycles. The molecule has 0 amide bonds. The van der Waals surface area contributed by atoms with E-state index in [1.54, 1.807) is 26.8 Å². The highest BCUT2D eigenvalue weighted by Gasteiger charge is 2.29. The molecule has 0 aliphatic heterocycles. The monoisotopic (exact) mass is 199 g/mol. The average molecular weight is 199 g/mol. The maximum atomic E-state index is 13.4. The minimum atomic E-state index is -0.823. The van der Waals surface area contributed by atoms with Gasteiger partial charge in [0, 0.05) is 11.5 Å². The molecule has 0 spiro atoms. The second kappa shape index (κ2) is 3.65. The van der Waals surface area contributed by atoms with Gasteiger partial charge < -0.3 is 5.73 Å². The number of halogens is 2. The van der Waals surface area contributed by atoms with E-state index in [1.807, 2.05) is 0 Å². The van der Waals surface area contributed by atoms with Gasteiger partial charge in [-0.25, -0.2) is 8.78 Å². The van der Waals surface area contributed by atoms with Crippen molar-refractivity contribution >= 4 is 0 Å². The third-order valence-corrected chi connectivity index (χ3v) is 2.78. The highest BCUT2D eigenvalue weighted by molar-refractivity contribution is 5.28. The Morgan fingerprint density at radius 1 is 1.29 bits per heavy atom. The van der Waals surface area contributed by atoms with E-state index in [2.05, 4.69) is 0 Å². The van der Waals surface area contributed by atoms with Crippen LogP contribution in [0.2, 0.25) is 0 Å². The third kappa shape index (κ3) is 1.77. The molecule has 1 unspecified atom stereocenters. The summed E-state index contributed by atoms with van der Waals surface area (Å²) in [5, 5.41) is 0. The van der Waals surface area contributed by atoms with E-state index in [9.17, 15) is 8.78 Å². The molecule has 1 aromatic carbocycles. The van der Waals surface area contributed by atoms with Gasteiger partial charge in [0.1, 0.15) is 0 Å². The molecule has 14 heavy (non-hydrogen) atoms. The highest BCUT2D eigenvalue weighted by Crippen LogP contribution is 2.29. The summed E-state index contributed by atoms with van der Waals surface area (Å²) in [5.41, 5.74) is 5.50. The Balaban J connectivity index is 3.26. The molecule has 1 aromatic rings. The molecule has 0 aromatic heterocycles. The van der Waals surface area contributed by atoms with Crippen LogP contribution in [-0.2, 0) is 5.41 Å². The van der Waals surface area contributed by atoms with Gasteiger partial charge in [-0.1, -0.05) is 26.0 Å². The van der Waals surface area contributed by atoms with Gasteiger partial charge in [-0.2, -0.15) is 0 Å². The third-order valence-electron chi connectivity index (χ3n) is 2.78. The zero-order valence-corrected chi connectivity index (χ0v) is 8.64. The first-order chi connectivity index (χ1) is 6.37. The maximum Gasteiger partial charge on any atom is 0.162 e. The van der Waals surface area contributed by atoms with E-state index in [1.165, 1.54) is 6.07 Å². The standard InChI is InChI=1S/C11H15F2N/c1-7(14)11(2,3)8-5-4-6-9(12)10(8)13/h4-7H,14H2,1-3H3. The quantitative estimate of drug-likeness (QED) is 0.778. The summed E-state index contributed by atoms with van der Waals surface area (Å²) in [4.78, 5) is 0. The molecule has 2 N–H and O–H groups in total. The summed E-state index contributed by atoms with van der Waals surface area (Å²) in [5.74, 6) is -1.62. The van der Waals surface area contributed by atoms with E-state index in [-0.39, 0.29) is 6.04 Å². The van der Waals surface area contributed by atoms with E-state index >= 15 is 0 Å². The van der Waals surface area contributed by atoms with Crippen molar-refractivity contribution in [2.24, 2.45) is 5.73 Å². The van der Waals surface area contributed by atoms with Crippen molar-refractivity contribution in [1.82, 2.24) is 0 Å². The molecule has 0 radical (unpaired) electrons. The van der Waals surface area contributed by atoms with Crippen LogP contribution in [0.4, 0.5) is 8.78 Å². The summed E-state index contributed by atoms with van der Waals surface area (Å²) >= 11 is 0. The smallest absolute Gasteiger partial charge is 0.162 e. The predicted molar refractivity (Wildman–Crippen MR) is 53.0 cm³/mol. The van der Waals surface area contributed by atoms with Crippen molar-refractivity contribution in [2.75, 3.05) is 0 Å². The highest BCUT2D eigenvalue weighted by atomic mass is 19.2.